The first kappa shape index (κ1) is 9.59. The molecule has 0 aromatic heterocycles. The van der Waals surface area contributed by atoms with E-state index in [1.54, 1.807) is 30.3 Å². The lowest BCUT2D eigenvalue weighted by Crippen LogP contribution is -1.86. The van der Waals surface area contributed by atoms with Gasteiger partial charge in [0.2, 0.25) is 0 Å². The third kappa shape index (κ3) is 2.29. The first-order valence-corrected chi connectivity index (χ1v) is 4.69. The molecule has 0 unspecified atom stereocenters. The number of phenols is 1. The van der Waals surface area contributed by atoms with Gasteiger partial charge in [0.1, 0.15) is 17.2 Å². The van der Waals surface area contributed by atoms with Crippen molar-refractivity contribution in [1.29, 1.82) is 0 Å². The van der Waals surface area contributed by atoms with Crippen LogP contribution in [0.25, 0.3) is 0 Å². The average Bonchev–Trinajstić information content (AvgIpc) is 2.22. The molecule has 0 saturated carbocycles. The third-order valence-electron chi connectivity index (χ3n) is 2.06. The van der Waals surface area contributed by atoms with Gasteiger partial charge in [-0.2, -0.15) is 0 Å². The topological polar surface area (TPSA) is 29.5 Å². The molecule has 0 aliphatic rings. The Morgan fingerprint density at radius 3 is 2.87 bits per heavy atom. The predicted octanol–water partition coefficient (Wildman–Crippen LogP) is 3.29. The van der Waals surface area contributed by atoms with Gasteiger partial charge >= 0.3 is 0 Å². The van der Waals surface area contributed by atoms with Crippen LogP contribution in [0, 0.1) is 13.0 Å². The summed E-state index contributed by atoms with van der Waals surface area (Å²) in [5.41, 5.74) is 1.01. The fourth-order valence-corrected chi connectivity index (χ4v) is 1.29. The van der Waals surface area contributed by atoms with Crippen LogP contribution < -0.4 is 4.74 Å². The number of aryl methyl sites for hydroxylation is 1. The maximum atomic E-state index is 9.27. The van der Waals surface area contributed by atoms with E-state index in [1.165, 1.54) is 0 Å². The molecule has 0 amide bonds. The van der Waals surface area contributed by atoms with Gasteiger partial charge < -0.3 is 9.84 Å². The maximum Gasteiger partial charge on any atom is 0.131 e. The summed E-state index contributed by atoms with van der Waals surface area (Å²) < 4.78 is 5.61. The van der Waals surface area contributed by atoms with Crippen molar-refractivity contribution in [2.45, 2.75) is 6.92 Å². The molecule has 2 aromatic rings. The van der Waals surface area contributed by atoms with Gasteiger partial charge in [0.15, 0.2) is 0 Å². The molecular formula is C13H11O2. The molecule has 2 rings (SSSR count). The molecule has 0 saturated heterocycles. The monoisotopic (exact) mass is 199 g/mol. The summed E-state index contributed by atoms with van der Waals surface area (Å²) in [5, 5.41) is 9.27. The van der Waals surface area contributed by atoms with E-state index >= 15 is 0 Å². The molecule has 0 heterocycles. The SMILES string of the molecule is Cc1c[c]ccc1Oc1cccc(O)c1. The number of hydrogen-bond acceptors (Lipinski definition) is 2. The highest BCUT2D eigenvalue weighted by Crippen LogP contribution is 2.26. The first-order chi connectivity index (χ1) is 7.25. The van der Waals surface area contributed by atoms with Crippen molar-refractivity contribution >= 4 is 0 Å². The van der Waals surface area contributed by atoms with Crippen LogP contribution in [0.1, 0.15) is 5.56 Å². The Bertz CT molecular complexity index is 464. The summed E-state index contributed by atoms with van der Waals surface area (Å²) >= 11 is 0. The molecule has 15 heavy (non-hydrogen) atoms. The zero-order chi connectivity index (χ0) is 10.7. The summed E-state index contributed by atoms with van der Waals surface area (Å²) in [6, 6.07) is 15.2. The Labute approximate surface area is 88.8 Å². The zero-order valence-corrected chi connectivity index (χ0v) is 8.40. The Kier molecular flexibility index (Phi) is 2.59. The molecule has 0 aliphatic carbocycles. The van der Waals surface area contributed by atoms with Gasteiger partial charge in [-0.25, -0.2) is 0 Å². The van der Waals surface area contributed by atoms with E-state index in [4.69, 9.17) is 4.74 Å². The number of ether oxygens (including phenoxy) is 1. The van der Waals surface area contributed by atoms with Gasteiger partial charge in [-0.1, -0.05) is 12.1 Å². The van der Waals surface area contributed by atoms with Gasteiger partial charge in [-0.15, -0.1) is 0 Å². The Hall–Kier alpha value is -1.96. The van der Waals surface area contributed by atoms with Crippen LogP contribution >= 0.6 is 0 Å². The second-order valence-electron chi connectivity index (χ2n) is 3.29. The van der Waals surface area contributed by atoms with Crippen molar-refractivity contribution in [3.8, 4) is 17.2 Å². The Morgan fingerprint density at radius 2 is 2.13 bits per heavy atom. The van der Waals surface area contributed by atoms with Crippen molar-refractivity contribution < 1.29 is 9.84 Å². The highest BCUT2D eigenvalue weighted by atomic mass is 16.5. The minimum absolute atomic E-state index is 0.202. The van der Waals surface area contributed by atoms with Crippen LogP contribution in [0.15, 0.2) is 42.5 Å². The number of phenolic OH excluding ortho intramolecular Hbond substituents is 1. The molecule has 0 bridgehead atoms. The molecule has 2 aromatic carbocycles. The molecular weight excluding hydrogens is 188 g/mol. The molecule has 1 radical (unpaired) electrons. The summed E-state index contributed by atoms with van der Waals surface area (Å²) in [4.78, 5) is 0. The predicted molar refractivity (Wildman–Crippen MR) is 58.2 cm³/mol. The number of rotatable bonds is 2. The van der Waals surface area contributed by atoms with E-state index < -0.39 is 0 Å². The van der Waals surface area contributed by atoms with Crippen molar-refractivity contribution in [3.05, 3.63) is 54.1 Å². The molecule has 0 aliphatic heterocycles. The number of benzene rings is 2. The van der Waals surface area contributed by atoms with E-state index in [2.05, 4.69) is 6.07 Å². The quantitative estimate of drug-likeness (QED) is 0.804. The molecule has 0 fully saturated rings. The van der Waals surface area contributed by atoms with E-state index in [-0.39, 0.29) is 5.75 Å². The van der Waals surface area contributed by atoms with Crippen molar-refractivity contribution in [1.82, 2.24) is 0 Å². The maximum absolute atomic E-state index is 9.27. The van der Waals surface area contributed by atoms with Crippen molar-refractivity contribution in [2.75, 3.05) is 0 Å². The minimum Gasteiger partial charge on any atom is -0.508 e. The highest BCUT2D eigenvalue weighted by molar-refractivity contribution is 5.39. The molecule has 2 nitrogen and oxygen atoms in total. The minimum atomic E-state index is 0.202. The van der Waals surface area contributed by atoms with Crippen LogP contribution in [0.4, 0.5) is 0 Å². The van der Waals surface area contributed by atoms with Crippen LogP contribution in [-0.2, 0) is 0 Å². The standard InChI is InChI=1S/C13H11O2/c1-10-5-2-3-8-13(10)15-12-7-4-6-11(14)9-12/h3-9,14H,1H3. The van der Waals surface area contributed by atoms with E-state index in [9.17, 15) is 5.11 Å². The summed E-state index contributed by atoms with van der Waals surface area (Å²) in [6.45, 7) is 1.95. The first-order valence-electron chi connectivity index (χ1n) is 4.69. The van der Waals surface area contributed by atoms with Gasteiger partial charge in [0.25, 0.3) is 0 Å². The largest absolute Gasteiger partial charge is 0.508 e. The van der Waals surface area contributed by atoms with Crippen molar-refractivity contribution in [3.63, 3.8) is 0 Å². The molecule has 1 N–H and O–H groups in total. The lowest BCUT2D eigenvalue weighted by molar-refractivity contribution is 0.453. The summed E-state index contributed by atoms with van der Waals surface area (Å²) in [6.07, 6.45) is 0. The van der Waals surface area contributed by atoms with Gasteiger partial charge in [0.05, 0.1) is 0 Å². The van der Waals surface area contributed by atoms with Crippen LogP contribution in [0.5, 0.6) is 17.2 Å². The molecule has 2 heteroatoms. The Balaban J connectivity index is 2.26. The van der Waals surface area contributed by atoms with E-state index in [0.29, 0.717) is 5.75 Å². The van der Waals surface area contributed by atoms with E-state index in [1.807, 2.05) is 19.1 Å². The lowest BCUT2D eigenvalue weighted by Gasteiger charge is -2.07. The summed E-state index contributed by atoms with van der Waals surface area (Å²) in [7, 11) is 0. The van der Waals surface area contributed by atoms with Crippen LogP contribution in [0.2, 0.25) is 0 Å². The zero-order valence-electron chi connectivity index (χ0n) is 8.40. The van der Waals surface area contributed by atoms with Crippen molar-refractivity contribution in [2.24, 2.45) is 0 Å². The molecule has 0 spiro atoms. The second kappa shape index (κ2) is 4.05. The summed E-state index contributed by atoms with van der Waals surface area (Å²) in [5.74, 6) is 1.61. The number of hydrogen-bond donors (Lipinski definition) is 1. The lowest BCUT2D eigenvalue weighted by atomic mass is 10.2. The average molecular weight is 199 g/mol. The van der Waals surface area contributed by atoms with Gasteiger partial charge in [0, 0.05) is 6.07 Å². The fraction of sp³-hybridized carbons (Fsp3) is 0.0769. The second-order valence-corrected chi connectivity index (χ2v) is 3.29. The smallest absolute Gasteiger partial charge is 0.131 e. The highest BCUT2D eigenvalue weighted by Gasteiger charge is 2.00. The van der Waals surface area contributed by atoms with E-state index in [0.717, 1.165) is 11.3 Å². The number of aromatic hydroxyl groups is 1. The van der Waals surface area contributed by atoms with Gasteiger partial charge in [-0.05, 0) is 42.8 Å². The van der Waals surface area contributed by atoms with Gasteiger partial charge in [-0.3, -0.25) is 0 Å². The fourth-order valence-electron chi connectivity index (χ4n) is 1.29. The Morgan fingerprint density at radius 1 is 1.27 bits per heavy atom. The third-order valence-corrected chi connectivity index (χ3v) is 2.06. The van der Waals surface area contributed by atoms with Crippen LogP contribution in [-0.4, -0.2) is 5.11 Å². The molecule has 0 atom stereocenters. The molecule has 75 valence electrons. The van der Waals surface area contributed by atoms with Crippen LogP contribution in [0.3, 0.4) is 0 Å². The normalized spacial score (nSPS) is 9.93.